The fourth-order valence-corrected chi connectivity index (χ4v) is 4.26. The van der Waals surface area contributed by atoms with Crippen molar-refractivity contribution in [2.75, 3.05) is 26.2 Å². The van der Waals surface area contributed by atoms with Gasteiger partial charge in [-0.25, -0.2) is 0 Å². The van der Waals surface area contributed by atoms with E-state index in [1.165, 1.54) is 28.5 Å². The van der Waals surface area contributed by atoms with E-state index in [0.717, 1.165) is 19.7 Å². The SMILES string of the molecule is CCN(CC1CCCO1)C(CN)c1csc2ccccc12. The second-order valence-corrected chi connectivity index (χ2v) is 6.57. The molecule has 114 valence electrons. The Morgan fingerprint density at radius 2 is 2.29 bits per heavy atom. The van der Waals surface area contributed by atoms with Crippen LogP contribution in [0.5, 0.6) is 0 Å². The van der Waals surface area contributed by atoms with Crippen LogP contribution in [-0.4, -0.2) is 37.2 Å². The monoisotopic (exact) mass is 304 g/mol. The summed E-state index contributed by atoms with van der Waals surface area (Å²) in [4.78, 5) is 2.48. The van der Waals surface area contributed by atoms with Crippen molar-refractivity contribution in [1.82, 2.24) is 4.90 Å². The summed E-state index contributed by atoms with van der Waals surface area (Å²) in [6.07, 6.45) is 2.75. The minimum Gasteiger partial charge on any atom is -0.377 e. The second-order valence-electron chi connectivity index (χ2n) is 5.66. The molecular formula is C17H24N2OS. The minimum atomic E-state index is 0.287. The van der Waals surface area contributed by atoms with Crippen LogP contribution in [0, 0.1) is 0 Å². The zero-order valence-corrected chi connectivity index (χ0v) is 13.4. The number of ether oxygens (including phenoxy) is 1. The van der Waals surface area contributed by atoms with Crippen LogP contribution in [0.25, 0.3) is 10.1 Å². The van der Waals surface area contributed by atoms with Gasteiger partial charge in [0.1, 0.15) is 0 Å². The van der Waals surface area contributed by atoms with Crippen LogP contribution in [0.4, 0.5) is 0 Å². The molecule has 1 aliphatic heterocycles. The molecule has 1 fully saturated rings. The van der Waals surface area contributed by atoms with Gasteiger partial charge in [0.05, 0.1) is 6.10 Å². The zero-order chi connectivity index (χ0) is 14.7. The molecule has 4 heteroatoms. The quantitative estimate of drug-likeness (QED) is 0.889. The molecule has 0 radical (unpaired) electrons. The summed E-state index contributed by atoms with van der Waals surface area (Å²) in [6.45, 7) is 5.78. The number of thiophene rings is 1. The molecule has 0 spiro atoms. The summed E-state index contributed by atoms with van der Waals surface area (Å²) in [6, 6.07) is 8.90. The predicted molar refractivity (Wildman–Crippen MR) is 89.8 cm³/mol. The maximum absolute atomic E-state index is 6.13. The summed E-state index contributed by atoms with van der Waals surface area (Å²) in [7, 11) is 0. The lowest BCUT2D eigenvalue weighted by atomic mass is 10.0. The zero-order valence-electron chi connectivity index (χ0n) is 12.6. The van der Waals surface area contributed by atoms with Crippen LogP contribution < -0.4 is 5.73 Å². The number of hydrogen-bond donors (Lipinski definition) is 1. The number of benzene rings is 1. The lowest BCUT2D eigenvalue weighted by Gasteiger charge is -2.31. The molecule has 2 atom stereocenters. The standard InChI is InChI=1S/C17H24N2OS/c1-2-19(11-13-6-5-9-20-13)16(10-18)15-12-21-17-8-4-3-7-14(15)17/h3-4,7-8,12-13,16H,2,5-6,9-11,18H2,1H3. The normalized spacial score (nSPS) is 20.4. The predicted octanol–water partition coefficient (Wildman–Crippen LogP) is 3.40. The van der Waals surface area contributed by atoms with Crippen molar-refractivity contribution in [3.05, 3.63) is 35.2 Å². The molecule has 2 heterocycles. The Morgan fingerprint density at radius 3 is 3.00 bits per heavy atom. The Morgan fingerprint density at radius 1 is 1.43 bits per heavy atom. The third-order valence-electron chi connectivity index (χ3n) is 4.40. The molecule has 2 N–H and O–H groups in total. The van der Waals surface area contributed by atoms with E-state index in [1.54, 1.807) is 0 Å². The molecular weight excluding hydrogens is 280 g/mol. The van der Waals surface area contributed by atoms with Crippen molar-refractivity contribution in [2.45, 2.75) is 31.9 Å². The average Bonchev–Trinajstić information content (AvgIpc) is 3.17. The van der Waals surface area contributed by atoms with E-state index in [2.05, 4.69) is 41.5 Å². The number of fused-ring (bicyclic) bond motifs is 1. The molecule has 0 bridgehead atoms. The van der Waals surface area contributed by atoms with Crippen molar-refractivity contribution in [2.24, 2.45) is 5.73 Å². The molecule has 2 aromatic rings. The highest BCUT2D eigenvalue weighted by molar-refractivity contribution is 7.17. The molecule has 2 unspecified atom stereocenters. The second kappa shape index (κ2) is 6.88. The Kier molecular flexibility index (Phi) is 4.91. The highest BCUT2D eigenvalue weighted by atomic mass is 32.1. The number of nitrogens with zero attached hydrogens (tertiary/aromatic N) is 1. The topological polar surface area (TPSA) is 38.5 Å². The Hall–Kier alpha value is -0.940. The van der Waals surface area contributed by atoms with Gasteiger partial charge in [-0.3, -0.25) is 4.90 Å². The van der Waals surface area contributed by atoms with Crippen molar-refractivity contribution in [3.8, 4) is 0 Å². The summed E-state index contributed by atoms with van der Waals surface area (Å²) in [5.41, 5.74) is 7.50. The van der Waals surface area contributed by atoms with Gasteiger partial charge >= 0.3 is 0 Å². The van der Waals surface area contributed by atoms with Gasteiger partial charge in [0.2, 0.25) is 0 Å². The molecule has 1 aliphatic rings. The van der Waals surface area contributed by atoms with Crippen LogP contribution >= 0.6 is 11.3 Å². The van der Waals surface area contributed by atoms with E-state index in [9.17, 15) is 0 Å². The summed E-state index contributed by atoms with van der Waals surface area (Å²) >= 11 is 1.81. The molecule has 3 nitrogen and oxygen atoms in total. The molecule has 1 saturated heterocycles. The Bertz CT molecular complexity index is 577. The van der Waals surface area contributed by atoms with E-state index < -0.39 is 0 Å². The average molecular weight is 304 g/mol. The van der Waals surface area contributed by atoms with Crippen LogP contribution in [-0.2, 0) is 4.74 Å². The van der Waals surface area contributed by atoms with Crippen molar-refractivity contribution in [1.29, 1.82) is 0 Å². The maximum atomic E-state index is 6.13. The first-order valence-electron chi connectivity index (χ1n) is 7.85. The van der Waals surface area contributed by atoms with Crippen molar-refractivity contribution < 1.29 is 4.74 Å². The van der Waals surface area contributed by atoms with Crippen molar-refractivity contribution >= 4 is 21.4 Å². The Labute approximate surface area is 130 Å². The van der Waals surface area contributed by atoms with Gasteiger partial charge in [0.25, 0.3) is 0 Å². The van der Waals surface area contributed by atoms with Gasteiger partial charge in [0.15, 0.2) is 0 Å². The number of nitrogens with two attached hydrogens (primary N) is 1. The van der Waals surface area contributed by atoms with E-state index in [0.29, 0.717) is 12.6 Å². The maximum Gasteiger partial charge on any atom is 0.0703 e. The van der Waals surface area contributed by atoms with E-state index in [-0.39, 0.29) is 6.04 Å². The number of likely N-dealkylation sites (N-methyl/N-ethyl adjacent to an activating group) is 1. The molecule has 1 aromatic heterocycles. The lowest BCUT2D eigenvalue weighted by molar-refractivity contribution is 0.0604. The smallest absolute Gasteiger partial charge is 0.0703 e. The van der Waals surface area contributed by atoms with Gasteiger partial charge in [-0.15, -0.1) is 11.3 Å². The summed E-state index contributed by atoms with van der Waals surface area (Å²) < 4.78 is 7.15. The number of rotatable bonds is 6. The fourth-order valence-electron chi connectivity index (χ4n) is 3.26. The highest BCUT2D eigenvalue weighted by Gasteiger charge is 2.25. The largest absolute Gasteiger partial charge is 0.377 e. The van der Waals surface area contributed by atoms with Crippen LogP contribution in [0.2, 0.25) is 0 Å². The van der Waals surface area contributed by atoms with Crippen LogP contribution in [0.1, 0.15) is 31.4 Å². The molecule has 0 saturated carbocycles. The molecule has 1 aromatic carbocycles. The van der Waals surface area contributed by atoms with Gasteiger partial charge in [-0.2, -0.15) is 0 Å². The van der Waals surface area contributed by atoms with Gasteiger partial charge in [-0.1, -0.05) is 25.1 Å². The third kappa shape index (κ3) is 3.14. The molecule has 0 amide bonds. The van der Waals surface area contributed by atoms with Gasteiger partial charge in [-0.05, 0) is 41.8 Å². The lowest BCUT2D eigenvalue weighted by Crippen LogP contribution is -2.38. The van der Waals surface area contributed by atoms with E-state index in [4.69, 9.17) is 10.5 Å². The van der Waals surface area contributed by atoms with Crippen LogP contribution in [0.3, 0.4) is 0 Å². The fraction of sp³-hybridized carbons (Fsp3) is 0.529. The molecule has 21 heavy (non-hydrogen) atoms. The van der Waals surface area contributed by atoms with E-state index >= 15 is 0 Å². The van der Waals surface area contributed by atoms with E-state index in [1.807, 2.05) is 11.3 Å². The third-order valence-corrected chi connectivity index (χ3v) is 5.38. The summed E-state index contributed by atoms with van der Waals surface area (Å²) in [5.74, 6) is 0. The first-order valence-corrected chi connectivity index (χ1v) is 8.73. The highest BCUT2D eigenvalue weighted by Crippen LogP contribution is 2.33. The summed E-state index contributed by atoms with van der Waals surface area (Å²) in [5, 5.41) is 3.63. The first kappa shape index (κ1) is 15.0. The van der Waals surface area contributed by atoms with Gasteiger partial charge in [0, 0.05) is 30.4 Å². The Balaban J connectivity index is 1.84. The van der Waals surface area contributed by atoms with Crippen molar-refractivity contribution in [3.63, 3.8) is 0 Å². The van der Waals surface area contributed by atoms with Crippen LogP contribution in [0.15, 0.2) is 29.6 Å². The first-order chi connectivity index (χ1) is 10.3. The van der Waals surface area contributed by atoms with Gasteiger partial charge < -0.3 is 10.5 Å². The molecule has 0 aliphatic carbocycles. The molecule has 3 rings (SSSR count). The minimum absolute atomic E-state index is 0.287. The number of hydrogen-bond acceptors (Lipinski definition) is 4.